The van der Waals surface area contributed by atoms with E-state index in [1.807, 2.05) is 13.8 Å². The number of rotatable bonds is 5. The fourth-order valence-electron chi connectivity index (χ4n) is 2.35. The summed E-state index contributed by atoms with van der Waals surface area (Å²) in [5, 5.41) is 0.380. The Labute approximate surface area is 157 Å². The van der Waals surface area contributed by atoms with E-state index in [9.17, 15) is 9.59 Å². The monoisotopic (exact) mass is 377 g/mol. The maximum atomic E-state index is 12.4. The van der Waals surface area contributed by atoms with Gasteiger partial charge in [-0.05, 0) is 44.2 Å². The number of allylic oxidation sites excluding steroid dienone is 2. The van der Waals surface area contributed by atoms with Gasteiger partial charge in [0.15, 0.2) is 0 Å². The first kappa shape index (κ1) is 19.6. The van der Waals surface area contributed by atoms with Gasteiger partial charge in [-0.15, -0.1) is 0 Å². The number of esters is 2. The van der Waals surface area contributed by atoms with Crippen LogP contribution in [0.5, 0.6) is 5.75 Å². The zero-order valence-corrected chi connectivity index (χ0v) is 15.7. The average Bonchev–Trinajstić information content (AvgIpc) is 2.84. The molecule has 0 bridgehead atoms. The van der Waals surface area contributed by atoms with Crippen molar-refractivity contribution >= 4 is 29.2 Å². The van der Waals surface area contributed by atoms with Crippen molar-refractivity contribution in [2.75, 3.05) is 19.1 Å². The van der Waals surface area contributed by atoms with E-state index >= 15 is 0 Å². The molecule has 0 spiro atoms. The van der Waals surface area contributed by atoms with Gasteiger partial charge in [0.05, 0.1) is 30.9 Å². The normalized spacial score (nSPS) is 13.7. The number of carbonyl (C=O) groups is 2. The molecular formula is C19H20ClNO5. The van der Waals surface area contributed by atoms with E-state index in [0.717, 1.165) is 0 Å². The Bertz CT molecular complexity index is 795. The summed E-state index contributed by atoms with van der Waals surface area (Å²) in [6.45, 7) is 3.79. The molecule has 0 aromatic heterocycles. The van der Waals surface area contributed by atoms with Crippen LogP contribution in [-0.2, 0) is 19.1 Å². The second-order valence-corrected chi connectivity index (χ2v) is 6.00. The molecule has 1 aliphatic rings. The number of carbonyl (C=O) groups excluding carboxylic acids is 2. The second-order valence-electron chi connectivity index (χ2n) is 5.60. The lowest BCUT2D eigenvalue weighted by molar-refractivity contribution is -0.139. The van der Waals surface area contributed by atoms with Gasteiger partial charge in [0.2, 0.25) is 0 Å². The van der Waals surface area contributed by atoms with Crippen LogP contribution in [-0.4, -0.2) is 32.3 Å². The number of hydrogen-bond donors (Lipinski definition) is 0. The first-order chi connectivity index (χ1) is 12.4. The Balaban J connectivity index is 2.56. The van der Waals surface area contributed by atoms with E-state index in [0.29, 0.717) is 16.5 Å². The molecule has 0 amide bonds. The third-order valence-corrected chi connectivity index (χ3v) is 3.74. The highest BCUT2D eigenvalue weighted by molar-refractivity contribution is 6.32. The molecule has 0 saturated carbocycles. The van der Waals surface area contributed by atoms with Crippen LogP contribution >= 0.6 is 11.6 Å². The van der Waals surface area contributed by atoms with Crippen molar-refractivity contribution in [3.05, 3.63) is 58.9 Å². The first-order valence-electron chi connectivity index (χ1n) is 7.90. The van der Waals surface area contributed by atoms with Crippen LogP contribution in [0, 0.1) is 0 Å². The van der Waals surface area contributed by atoms with E-state index in [1.165, 1.54) is 25.2 Å². The summed E-state index contributed by atoms with van der Waals surface area (Å²) in [6.07, 6.45) is 6.41. The molecular weight excluding hydrogens is 358 g/mol. The highest BCUT2D eigenvalue weighted by atomic mass is 35.5. The topological polar surface area (TPSA) is 65.1 Å². The smallest absolute Gasteiger partial charge is 0.355 e. The van der Waals surface area contributed by atoms with E-state index in [4.69, 9.17) is 25.8 Å². The van der Waals surface area contributed by atoms with Crippen LogP contribution in [0.1, 0.15) is 13.8 Å². The third kappa shape index (κ3) is 4.26. The number of benzene rings is 1. The van der Waals surface area contributed by atoms with E-state index in [2.05, 4.69) is 0 Å². The maximum absolute atomic E-state index is 12.4. The highest BCUT2D eigenvalue weighted by Gasteiger charge is 2.27. The summed E-state index contributed by atoms with van der Waals surface area (Å²) in [4.78, 5) is 26.0. The molecule has 1 aliphatic heterocycles. The number of nitrogens with zero attached hydrogens (tertiary/aromatic N) is 1. The van der Waals surface area contributed by atoms with Gasteiger partial charge in [0.25, 0.3) is 0 Å². The van der Waals surface area contributed by atoms with Crippen molar-refractivity contribution in [2.24, 2.45) is 0 Å². The standard InChI is InChI=1S/C19H20ClNO5/c1-12(2)26-16-9-8-13(11-15(16)20)21-10-6-5-7-14(18(22)24-3)17(21)19(23)25-4/h5-12H,1-4H3. The summed E-state index contributed by atoms with van der Waals surface area (Å²) in [5.74, 6) is -0.805. The van der Waals surface area contributed by atoms with Gasteiger partial charge >= 0.3 is 11.9 Å². The molecule has 1 heterocycles. The minimum Gasteiger partial charge on any atom is -0.489 e. The fraction of sp³-hybridized carbons (Fsp3) is 0.263. The molecule has 0 saturated heterocycles. The van der Waals surface area contributed by atoms with Gasteiger partial charge in [-0.1, -0.05) is 17.7 Å². The molecule has 0 atom stereocenters. The van der Waals surface area contributed by atoms with Crippen molar-refractivity contribution in [1.82, 2.24) is 0 Å². The average molecular weight is 378 g/mol. The molecule has 1 aromatic carbocycles. The Hall–Kier alpha value is -2.73. The number of ether oxygens (including phenoxy) is 3. The van der Waals surface area contributed by atoms with E-state index in [1.54, 1.807) is 36.6 Å². The second kappa shape index (κ2) is 8.58. The zero-order valence-electron chi connectivity index (χ0n) is 15.0. The molecule has 6 nitrogen and oxygen atoms in total. The Morgan fingerprint density at radius 1 is 1.08 bits per heavy atom. The molecule has 0 fully saturated rings. The van der Waals surface area contributed by atoms with Gasteiger partial charge in [-0.25, -0.2) is 9.59 Å². The van der Waals surface area contributed by atoms with E-state index in [-0.39, 0.29) is 17.4 Å². The van der Waals surface area contributed by atoms with Crippen LogP contribution in [0.25, 0.3) is 0 Å². The number of hydrogen-bond acceptors (Lipinski definition) is 6. The minimum absolute atomic E-state index is 0.0259. The van der Waals surface area contributed by atoms with Crippen LogP contribution in [0.3, 0.4) is 0 Å². The molecule has 26 heavy (non-hydrogen) atoms. The first-order valence-corrected chi connectivity index (χ1v) is 8.28. The number of anilines is 1. The summed E-state index contributed by atoms with van der Waals surface area (Å²) in [6, 6.07) is 5.08. The Morgan fingerprint density at radius 3 is 2.35 bits per heavy atom. The zero-order chi connectivity index (χ0) is 19.3. The molecule has 7 heteroatoms. The van der Waals surface area contributed by atoms with Crippen molar-refractivity contribution in [2.45, 2.75) is 20.0 Å². The quantitative estimate of drug-likeness (QED) is 0.730. The van der Waals surface area contributed by atoms with E-state index < -0.39 is 11.9 Å². The molecule has 0 aliphatic carbocycles. The Morgan fingerprint density at radius 2 is 1.77 bits per heavy atom. The lowest BCUT2D eigenvalue weighted by atomic mass is 10.1. The molecule has 138 valence electrons. The van der Waals surface area contributed by atoms with Gasteiger partial charge < -0.3 is 19.1 Å². The van der Waals surface area contributed by atoms with Crippen LogP contribution < -0.4 is 9.64 Å². The predicted octanol–water partition coefficient (Wildman–Crippen LogP) is 3.62. The molecule has 2 rings (SSSR count). The van der Waals surface area contributed by atoms with Crippen LogP contribution in [0.2, 0.25) is 5.02 Å². The highest BCUT2D eigenvalue weighted by Crippen LogP contribution is 2.33. The summed E-state index contributed by atoms with van der Waals surface area (Å²) in [7, 11) is 2.49. The minimum atomic E-state index is -0.680. The van der Waals surface area contributed by atoms with Crippen molar-refractivity contribution in [3.63, 3.8) is 0 Å². The lowest BCUT2D eigenvalue weighted by Gasteiger charge is -2.24. The van der Waals surface area contributed by atoms with Crippen LogP contribution in [0.15, 0.2) is 53.9 Å². The molecule has 0 N–H and O–H groups in total. The maximum Gasteiger partial charge on any atom is 0.355 e. The summed E-state index contributed by atoms with van der Waals surface area (Å²) >= 11 is 6.31. The summed E-state index contributed by atoms with van der Waals surface area (Å²) < 4.78 is 15.3. The number of halogens is 1. The SMILES string of the molecule is COC(=O)C1=C(C(=O)OC)N(c2ccc(OC(C)C)c(Cl)c2)C=CC=C1. The number of methoxy groups -OCH3 is 2. The third-order valence-electron chi connectivity index (χ3n) is 3.45. The fourth-order valence-corrected chi connectivity index (χ4v) is 2.57. The predicted molar refractivity (Wildman–Crippen MR) is 99.0 cm³/mol. The van der Waals surface area contributed by atoms with Crippen molar-refractivity contribution in [1.29, 1.82) is 0 Å². The van der Waals surface area contributed by atoms with Crippen molar-refractivity contribution < 1.29 is 23.8 Å². The summed E-state index contributed by atoms with van der Waals surface area (Å²) in [5.41, 5.74) is 0.661. The van der Waals surface area contributed by atoms with Gasteiger partial charge in [0.1, 0.15) is 11.4 Å². The van der Waals surface area contributed by atoms with Gasteiger partial charge in [0, 0.05) is 11.9 Å². The molecule has 0 radical (unpaired) electrons. The van der Waals surface area contributed by atoms with Crippen LogP contribution in [0.4, 0.5) is 5.69 Å². The Kier molecular flexibility index (Phi) is 6.46. The van der Waals surface area contributed by atoms with Gasteiger partial charge in [-0.2, -0.15) is 0 Å². The van der Waals surface area contributed by atoms with Gasteiger partial charge in [-0.3, -0.25) is 0 Å². The molecule has 1 aromatic rings. The lowest BCUT2D eigenvalue weighted by Crippen LogP contribution is -2.27. The van der Waals surface area contributed by atoms with Crippen molar-refractivity contribution in [3.8, 4) is 5.75 Å². The largest absolute Gasteiger partial charge is 0.489 e. The molecule has 0 unspecified atom stereocenters.